The van der Waals surface area contributed by atoms with E-state index < -0.39 is 6.10 Å². The lowest BCUT2D eigenvalue weighted by atomic mass is 9.87. The third-order valence-electron chi connectivity index (χ3n) is 4.76. The highest BCUT2D eigenvalue weighted by Gasteiger charge is 2.25. The molecule has 5 heteroatoms. The van der Waals surface area contributed by atoms with E-state index in [-0.39, 0.29) is 11.9 Å². The van der Waals surface area contributed by atoms with Crippen molar-refractivity contribution < 1.29 is 19.1 Å². The molecule has 5 nitrogen and oxygen atoms in total. The van der Waals surface area contributed by atoms with E-state index in [1.807, 2.05) is 19.1 Å². The number of amides is 1. The summed E-state index contributed by atoms with van der Waals surface area (Å²) in [5.74, 6) is 0.748. The first-order valence-corrected chi connectivity index (χ1v) is 9.39. The predicted molar refractivity (Wildman–Crippen MR) is 103 cm³/mol. The summed E-state index contributed by atoms with van der Waals surface area (Å²) in [4.78, 5) is 23.7. The number of carbonyl (C=O) groups excluding carboxylic acids is 2. The fraction of sp³-hybridized carbons (Fsp3) is 0.364. The van der Waals surface area contributed by atoms with Crippen LogP contribution in [0, 0.1) is 0 Å². The van der Waals surface area contributed by atoms with E-state index in [1.54, 1.807) is 25.1 Å². The van der Waals surface area contributed by atoms with E-state index >= 15 is 0 Å². The predicted octanol–water partition coefficient (Wildman–Crippen LogP) is 3.86. The third kappa shape index (κ3) is 4.48. The number of benzene rings is 2. The minimum atomic E-state index is -0.680. The van der Waals surface area contributed by atoms with Gasteiger partial charge in [-0.3, -0.25) is 9.59 Å². The van der Waals surface area contributed by atoms with Crippen LogP contribution in [0.4, 0.5) is 0 Å². The average molecular weight is 367 g/mol. The number of fused-ring (bicyclic) bond motifs is 1. The summed E-state index contributed by atoms with van der Waals surface area (Å²) in [5, 5.41) is 3.11. The molecule has 0 saturated heterocycles. The summed E-state index contributed by atoms with van der Waals surface area (Å²) in [5.41, 5.74) is 2.99. The SMILES string of the molecule is CCOc1cc(C=O)ccc1O[C@H](C)C(=O)N[C@H]1CCCc2ccccc21. The Balaban J connectivity index is 1.69. The van der Waals surface area contributed by atoms with Crippen LogP contribution in [0.25, 0.3) is 0 Å². The minimum Gasteiger partial charge on any atom is -0.490 e. The lowest BCUT2D eigenvalue weighted by Crippen LogP contribution is -2.39. The van der Waals surface area contributed by atoms with Gasteiger partial charge >= 0.3 is 0 Å². The highest BCUT2D eigenvalue weighted by Crippen LogP contribution is 2.31. The Hall–Kier alpha value is -2.82. The largest absolute Gasteiger partial charge is 0.490 e. The van der Waals surface area contributed by atoms with Gasteiger partial charge < -0.3 is 14.8 Å². The summed E-state index contributed by atoms with van der Waals surface area (Å²) in [7, 11) is 0. The molecule has 2 aromatic carbocycles. The van der Waals surface area contributed by atoms with Crippen LogP contribution in [0.3, 0.4) is 0 Å². The summed E-state index contributed by atoms with van der Waals surface area (Å²) >= 11 is 0. The fourth-order valence-electron chi connectivity index (χ4n) is 3.40. The molecule has 0 radical (unpaired) electrons. The van der Waals surface area contributed by atoms with Gasteiger partial charge in [0, 0.05) is 5.56 Å². The maximum absolute atomic E-state index is 12.7. The Morgan fingerprint density at radius 1 is 1.26 bits per heavy atom. The van der Waals surface area contributed by atoms with E-state index in [0.29, 0.717) is 23.7 Å². The van der Waals surface area contributed by atoms with E-state index in [1.165, 1.54) is 11.1 Å². The van der Waals surface area contributed by atoms with Gasteiger partial charge in [-0.05, 0) is 62.4 Å². The fourth-order valence-corrected chi connectivity index (χ4v) is 3.40. The minimum absolute atomic E-state index is 0.0114. The van der Waals surface area contributed by atoms with Crippen molar-refractivity contribution in [3.05, 3.63) is 59.2 Å². The Morgan fingerprint density at radius 2 is 2.07 bits per heavy atom. The van der Waals surface area contributed by atoms with Crippen molar-refractivity contribution in [2.24, 2.45) is 0 Å². The third-order valence-corrected chi connectivity index (χ3v) is 4.76. The number of hydrogen-bond acceptors (Lipinski definition) is 4. The molecule has 0 saturated carbocycles. The Morgan fingerprint density at radius 3 is 2.85 bits per heavy atom. The maximum atomic E-state index is 12.7. The average Bonchev–Trinajstić information content (AvgIpc) is 2.69. The summed E-state index contributed by atoms with van der Waals surface area (Å²) in [6.45, 7) is 4.01. The first kappa shape index (κ1) is 19.0. The van der Waals surface area contributed by atoms with Crippen molar-refractivity contribution in [2.75, 3.05) is 6.61 Å². The van der Waals surface area contributed by atoms with Crippen molar-refractivity contribution in [1.29, 1.82) is 0 Å². The van der Waals surface area contributed by atoms with Crippen molar-refractivity contribution in [2.45, 2.75) is 45.3 Å². The standard InChI is InChI=1S/C22H25NO4/c1-3-26-21-13-16(14-24)11-12-20(21)27-15(2)22(25)23-19-10-6-8-17-7-4-5-9-18(17)19/h4-5,7,9,11-15,19H,3,6,8,10H2,1-2H3,(H,23,25)/t15-,19+/m1/s1. The van der Waals surface area contributed by atoms with Crippen molar-refractivity contribution >= 4 is 12.2 Å². The topological polar surface area (TPSA) is 64.6 Å². The molecule has 1 aliphatic carbocycles. The molecule has 1 amide bonds. The molecule has 0 aliphatic heterocycles. The lowest BCUT2D eigenvalue weighted by molar-refractivity contribution is -0.128. The van der Waals surface area contributed by atoms with Crippen LogP contribution in [0.2, 0.25) is 0 Å². The second kappa shape index (κ2) is 8.71. The van der Waals surface area contributed by atoms with Crippen LogP contribution >= 0.6 is 0 Å². The summed E-state index contributed by atoms with van der Waals surface area (Å²) in [6, 6.07) is 13.2. The smallest absolute Gasteiger partial charge is 0.261 e. The monoisotopic (exact) mass is 367 g/mol. The highest BCUT2D eigenvalue weighted by molar-refractivity contribution is 5.81. The van der Waals surface area contributed by atoms with Crippen LogP contribution in [0.5, 0.6) is 11.5 Å². The number of carbonyl (C=O) groups is 2. The normalized spacial score (nSPS) is 16.7. The number of rotatable bonds is 7. The second-order valence-corrected chi connectivity index (χ2v) is 6.67. The van der Waals surface area contributed by atoms with Crippen LogP contribution in [-0.2, 0) is 11.2 Å². The van der Waals surface area contributed by atoms with E-state index in [0.717, 1.165) is 25.5 Å². The number of aryl methyl sites for hydroxylation is 1. The number of ether oxygens (including phenoxy) is 2. The number of nitrogens with one attached hydrogen (secondary N) is 1. The quantitative estimate of drug-likeness (QED) is 0.755. The molecule has 1 N–H and O–H groups in total. The molecule has 0 fully saturated rings. The van der Waals surface area contributed by atoms with Crippen molar-refractivity contribution in [3.63, 3.8) is 0 Å². The first-order chi connectivity index (χ1) is 13.1. The molecule has 0 aromatic heterocycles. The lowest BCUT2D eigenvalue weighted by Gasteiger charge is -2.27. The van der Waals surface area contributed by atoms with Crippen LogP contribution < -0.4 is 14.8 Å². The van der Waals surface area contributed by atoms with Crippen molar-refractivity contribution in [1.82, 2.24) is 5.32 Å². The molecule has 0 heterocycles. The van der Waals surface area contributed by atoms with Gasteiger partial charge in [0.25, 0.3) is 5.91 Å². The van der Waals surface area contributed by atoms with Gasteiger partial charge in [0.2, 0.25) is 0 Å². The summed E-state index contributed by atoms with van der Waals surface area (Å²) in [6.07, 6.45) is 3.10. The second-order valence-electron chi connectivity index (χ2n) is 6.67. The molecule has 27 heavy (non-hydrogen) atoms. The molecular weight excluding hydrogens is 342 g/mol. The zero-order valence-corrected chi connectivity index (χ0v) is 15.7. The zero-order chi connectivity index (χ0) is 19.2. The maximum Gasteiger partial charge on any atom is 0.261 e. The van der Waals surface area contributed by atoms with Crippen molar-refractivity contribution in [3.8, 4) is 11.5 Å². The van der Waals surface area contributed by atoms with Crippen LogP contribution in [0.15, 0.2) is 42.5 Å². The van der Waals surface area contributed by atoms with Crippen LogP contribution in [0.1, 0.15) is 54.2 Å². The Bertz CT molecular complexity index is 818. The number of aldehydes is 1. The van der Waals surface area contributed by atoms with Crippen LogP contribution in [-0.4, -0.2) is 24.9 Å². The van der Waals surface area contributed by atoms with E-state index in [9.17, 15) is 9.59 Å². The van der Waals surface area contributed by atoms with Gasteiger partial charge in [-0.15, -0.1) is 0 Å². The molecular formula is C22H25NO4. The van der Waals surface area contributed by atoms with Gasteiger partial charge in [0.15, 0.2) is 17.6 Å². The molecule has 2 atom stereocenters. The van der Waals surface area contributed by atoms with Gasteiger partial charge in [-0.25, -0.2) is 0 Å². The molecule has 1 aliphatic rings. The van der Waals surface area contributed by atoms with Gasteiger partial charge in [-0.1, -0.05) is 24.3 Å². The van der Waals surface area contributed by atoms with E-state index in [2.05, 4.69) is 17.4 Å². The molecule has 2 aromatic rings. The molecule has 3 rings (SSSR count). The Kier molecular flexibility index (Phi) is 6.12. The van der Waals surface area contributed by atoms with Gasteiger partial charge in [0.05, 0.1) is 12.6 Å². The molecule has 0 unspecified atom stereocenters. The molecule has 142 valence electrons. The first-order valence-electron chi connectivity index (χ1n) is 9.39. The number of hydrogen-bond donors (Lipinski definition) is 1. The Labute approximate surface area is 159 Å². The van der Waals surface area contributed by atoms with Gasteiger partial charge in [-0.2, -0.15) is 0 Å². The van der Waals surface area contributed by atoms with Gasteiger partial charge in [0.1, 0.15) is 6.29 Å². The zero-order valence-electron chi connectivity index (χ0n) is 15.7. The molecule has 0 bridgehead atoms. The van der Waals surface area contributed by atoms with E-state index in [4.69, 9.17) is 9.47 Å². The molecule has 0 spiro atoms. The highest BCUT2D eigenvalue weighted by atomic mass is 16.5. The summed E-state index contributed by atoms with van der Waals surface area (Å²) < 4.78 is 11.4.